The number of amides is 1. The molecule has 174 valence electrons. The third-order valence-corrected chi connectivity index (χ3v) is 6.28. The number of aliphatic hydroxyl groups is 1. The van der Waals surface area contributed by atoms with Gasteiger partial charge < -0.3 is 21.1 Å². The fraction of sp³-hybridized carbons (Fsp3) is 0.400. The molecule has 1 fully saturated rings. The highest BCUT2D eigenvalue weighted by Crippen LogP contribution is 2.25. The van der Waals surface area contributed by atoms with E-state index in [2.05, 4.69) is 10.3 Å². The Bertz CT molecular complexity index is 1150. The molecule has 33 heavy (non-hydrogen) atoms. The summed E-state index contributed by atoms with van der Waals surface area (Å²) in [6.45, 7) is 2.28. The van der Waals surface area contributed by atoms with Crippen LogP contribution in [0.15, 0.2) is 59.7 Å². The van der Waals surface area contributed by atoms with E-state index in [4.69, 9.17) is 5.73 Å². The molecule has 3 aromatic rings. The summed E-state index contributed by atoms with van der Waals surface area (Å²) >= 11 is 0. The van der Waals surface area contributed by atoms with Crippen molar-refractivity contribution >= 4 is 22.5 Å². The van der Waals surface area contributed by atoms with Crippen LogP contribution >= 0.6 is 0 Å². The van der Waals surface area contributed by atoms with Crippen LogP contribution in [0.5, 0.6) is 0 Å². The highest BCUT2D eigenvalue weighted by atomic mass is 16.3. The first-order valence-corrected chi connectivity index (χ1v) is 11.4. The average molecular weight is 450 g/mol. The van der Waals surface area contributed by atoms with Gasteiger partial charge in [0, 0.05) is 38.3 Å². The van der Waals surface area contributed by atoms with Gasteiger partial charge in [0.1, 0.15) is 0 Å². The Balaban J connectivity index is 1.36. The van der Waals surface area contributed by atoms with Gasteiger partial charge in [-0.3, -0.25) is 14.2 Å². The van der Waals surface area contributed by atoms with Crippen molar-refractivity contribution in [1.82, 2.24) is 14.5 Å². The van der Waals surface area contributed by atoms with Crippen molar-refractivity contribution in [3.63, 3.8) is 0 Å². The second-order valence-electron chi connectivity index (χ2n) is 8.72. The van der Waals surface area contributed by atoms with Crippen molar-refractivity contribution in [2.24, 2.45) is 5.73 Å². The third kappa shape index (κ3) is 5.58. The number of likely N-dealkylation sites (tertiary alicyclic amines) is 1. The Morgan fingerprint density at radius 1 is 1.15 bits per heavy atom. The van der Waals surface area contributed by atoms with Crippen molar-refractivity contribution in [2.75, 3.05) is 31.5 Å². The first-order chi connectivity index (χ1) is 16.0. The molecule has 1 saturated heterocycles. The number of rotatable bonds is 8. The number of nitrogens with one attached hydrogen (secondary N) is 1. The molecule has 4 rings (SSSR count). The number of hydrogen-bond donors (Lipinski definition) is 3. The Labute approximate surface area is 193 Å². The van der Waals surface area contributed by atoms with Crippen molar-refractivity contribution in [3.05, 3.63) is 70.8 Å². The first-order valence-electron chi connectivity index (χ1n) is 11.4. The van der Waals surface area contributed by atoms with Crippen LogP contribution in [0.4, 0.5) is 5.69 Å². The lowest BCUT2D eigenvalue weighted by Crippen LogP contribution is -2.49. The molecule has 2 aromatic carbocycles. The monoisotopic (exact) mass is 449 g/mol. The molecule has 2 heterocycles. The van der Waals surface area contributed by atoms with Crippen molar-refractivity contribution in [1.29, 1.82) is 0 Å². The number of hydrogen-bond acceptors (Lipinski definition) is 6. The van der Waals surface area contributed by atoms with Gasteiger partial charge in [-0.25, -0.2) is 4.98 Å². The lowest BCUT2D eigenvalue weighted by molar-refractivity contribution is -0.135. The molecule has 1 aromatic heterocycles. The minimum atomic E-state index is -1.04. The number of benzene rings is 2. The summed E-state index contributed by atoms with van der Waals surface area (Å²) in [5.41, 5.74) is 6.90. The molecule has 0 aliphatic carbocycles. The van der Waals surface area contributed by atoms with Gasteiger partial charge in [-0.1, -0.05) is 30.3 Å². The number of piperidine rings is 1. The Morgan fingerprint density at radius 3 is 2.64 bits per heavy atom. The molecule has 0 atom stereocenters. The molecule has 1 aliphatic rings. The lowest BCUT2D eigenvalue weighted by Gasteiger charge is -2.38. The molecule has 8 nitrogen and oxygen atoms in total. The summed E-state index contributed by atoms with van der Waals surface area (Å²) in [6.07, 6.45) is 3.51. The number of carbonyl (C=O) groups excluding carboxylic acids is 1. The van der Waals surface area contributed by atoms with E-state index in [0.29, 0.717) is 62.8 Å². The van der Waals surface area contributed by atoms with E-state index in [-0.39, 0.29) is 18.0 Å². The van der Waals surface area contributed by atoms with E-state index < -0.39 is 5.60 Å². The van der Waals surface area contributed by atoms with E-state index >= 15 is 0 Å². The summed E-state index contributed by atoms with van der Waals surface area (Å²) < 4.78 is 1.47. The van der Waals surface area contributed by atoms with Crippen LogP contribution in [0.2, 0.25) is 0 Å². The average Bonchev–Trinajstić information content (AvgIpc) is 2.84. The largest absolute Gasteiger partial charge is 0.388 e. The number of anilines is 1. The number of fused-ring (bicyclic) bond motifs is 1. The zero-order valence-corrected chi connectivity index (χ0v) is 18.7. The topological polar surface area (TPSA) is 113 Å². The van der Waals surface area contributed by atoms with Crippen molar-refractivity contribution in [3.8, 4) is 0 Å². The molecule has 4 N–H and O–H groups in total. The minimum Gasteiger partial charge on any atom is -0.388 e. The van der Waals surface area contributed by atoms with Crippen LogP contribution in [0.3, 0.4) is 0 Å². The second-order valence-corrected chi connectivity index (χ2v) is 8.72. The van der Waals surface area contributed by atoms with Crippen LogP contribution < -0.4 is 16.6 Å². The van der Waals surface area contributed by atoms with Gasteiger partial charge in [-0.05, 0) is 43.0 Å². The first kappa shape index (κ1) is 22.9. The second kappa shape index (κ2) is 10.1. The number of nitrogens with zero attached hydrogens (tertiary/aromatic N) is 3. The van der Waals surface area contributed by atoms with Crippen LogP contribution in [-0.4, -0.2) is 57.2 Å². The molecular formula is C25H31N5O3. The quantitative estimate of drug-likeness (QED) is 0.483. The van der Waals surface area contributed by atoms with Gasteiger partial charge >= 0.3 is 0 Å². The van der Waals surface area contributed by atoms with Gasteiger partial charge in [0.2, 0.25) is 5.91 Å². The van der Waals surface area contributed by atoms with Crippen molar-refractivity contribution in [2.45, 2.75) is 37.8 Å². The molecule has 0 saturated carbocycles. The van der Waals surface area contributed by atoms with Gasteiger partial charge in [-0.2, -0.15) is 0 Å². The minimum absolute atomic E-state index is 0.101. The maximum Gasteiger partial charge on any atom is 0.261 e. The van der Waals surface area contributed by atoms with Crippen LogP contribution in [0.1, 0.15) is 24.8 Å². The Kier molecular flexibility index (Phi) is 7.05. The Hall–Kier alpha value is -3.23. The molecule has 0 unspecified atom stereocenters. The Morgan fingerprint density at radius 2 is 1.91 bits per heavy atom. The molecule has 0 spiro atoms. The maximum atomic E-state index is 13.0. The SMILES string of the molecule is NCCNc1ccc2c(=O)n(CC3(O)CCN(C(=O)CCc4ccccc4)CC3)cnc2c1. The number of carbonyl (C=O) groups is 1. The molecule has 0 bridgehead atoms. The zero-order chi connectivity index (χ0) is 23.3. The zero-order valence-electron chi connectivity index (χ0n) is 18.7. The van der Waals surface area contributed by atoms with E-state index in [1.807, 2.05) is 47.4 Å². The van der Waals surface area contributed by atoms with E-state index in [9.17, 15) is 14.7 Å². The summed E-state index contributed by atoms with van der Waals surface area (Å²) in [4.78, 5) is 31.8. The summed E-state index contributed by atoms with van der Waals surface area (Å²) in [6, 6.07) is 15.4. The summed E-state index contributed by atoms with van der Waals surface area (Å²) in [7, 11) is 0. The predicted molar refractivity (Wildman–Crippen MR) is 129 cm³/mol. The predicted octanol–water partition coefficient (Wildman–Crippen LogP) is 1.75. The summed E-state index contributed by atoms with van der Waals surface area (Å²) in [5.74, 6) is 0.101. The lowest BCUT2D eigenvalue weighted by atomic mass is 9.91. The van der Waals surface area contributed by atoms with Gasteiger partial charge in [0.15, 0.2) is 0 Å². The van der Waals surface area contributed by atoms with Gasteiger partial charge in [-0.15, -0.1) is 0 Å². The van der Waals surface area contributed by atoms with E-state index in [0.717, 1.165) is 11.3 Å². The smallest absolute Gasteiger partial charge is 0.261 e. The van der Waals surface area contributed by atoms with Gasteiger partial charge in [0.05, 0.1) is 29.4 Å². The molecule has 1 amide bonds. The third-order valence-electron chi connectivity index (χ3n) is 6.28. The standard InChI is InChI=1S/C25H31N5O3/c26-12-13-27-20-7-8-21-22(16-20)28-18-30(24(21)32)17-25(33)10-14-29(15-11-25)23(31)9-6-19-4-2-1-3-5-19/h1-5,7-8,16,18,27,33H,6,9-15,17,26H2. The highest BCUT2D eigenvalue weighted by molar-refractivity contribution is 5.81. The number of aromatic nitrogens is 2. The number of nitrogens with two attached hydrogens (primary N) is 1. The fourth-order valence-electron chi connectivity index (χ4n) is 4.30. The molecule has 1 aliphatic heterocycles. The van der Waals surface area contributed by atoms with Gasteiger partial charge in [0.25, 0.3) is 5.56 Å². The van der Waals surface area contributed by atoms with Crippen LogP contribution in [-0.2, 0) is 17.8 Å². The van der Waals surface area contributed by atoms with Crippen molar-refractivity contribution < 1.29 is 9.90 Å². The van der Waals surface area contributed by atoms with Crippen LogP contribution in [0.25, 0.3) is 10.9 Å². The molecule has 8 heteroatoms. The van der Waals surface area contributed by atoms with Crippen LogP contribution in [0, 0.1) is 0 Å². The molecular weight excluding hydrogens is 418 g/mol. The maximum absolute atomic E-state index is 13.0. The fourth-order valence-corrected chi connectivity index (χ4v) is 4.30. The number of aryl methyl sites for hydroxylation is 1. The highest BCUT2D eigenvalue weighted by Gasteiger charge is 2.34. The summed E-state index contributed by atoms with van der Waals surface area (Å²) in [5, 5.41) is 14.8. The van der Waals surface area contributed by atoms with E-state index in [1.54, 1.807) is 6.07 Å². The van der Waals surface area contributed by atoms with E-state index in [1.165, 1.54) is 10.9 Å². The molecule has 0 radical (unpaired) electrons. The normalized spacial score (nSPS) is 15.5.